The van der Waals surface area contributed by atoms with Gasteiger partial charge in [0.2, 0.25) is 11.8 Å². The smallest absolute Gasteiger partial charge is 0.223 e. The van der Waals surface area contributed by atoms with Crippen molar-refractivity contribution in [3.63, 3.8) is 0 Å². The number of piperidine rings is 1. The Bertz CT molecular complexity index is 1220. The van der Waals surface area contributed by atoms with Crippen molar-refractivity contribution in [1.29, 1.82) is 0 Å². The minimum Gasteiger partial charge on any atom is -0.494 e. The molecule has 0 radical (unpaired) electrons. The van der Waals surface area contributed by atoms with E-state index in [-0.39, 0.29) is 30.7 Å². The summed E-state index contributed by atoms with van der Waals surface area (Å²) in [4.78, 5) is 35.1. The summed E-state index contributed by atoms with van der Waals surface area (Å²) in [6, 6.07) is 18.8. The van der Waals surface area contributed by atoms with Gasteiger partial charge in [-0.3, -0.25) is 19.5 Å². The van der Waals surface area contributed by atoms with E-state index in [9.17, 15) is 9.59 Å². The molecule has 38 heavy (non-hydrogen) atoms. The predicted octanol–water partition coefficient (Wildman–Crippen LogP) is 4.89. The predicted molar refractivity (Wildman–Crippen MR) is 151 cm³/mol. The van der Waals surface area contributed by atoms with Gasteiger partial charge in [0, 0.05) is 70.6 Å². The molecule has 7 heteroatoms. The number of carbonyl (C=O) groups excluding carboxylic acids is 2. The Morgan fingerprint density at radius 1 is 1.00 bits per heavy atom. The van der Waals surface area contributed by atoms with Crippen molar-refractivity contribution in [2.75, 3.05) is 34.3 Å². The first-order valence-electron chi connectivity index (χ1n) is 13.6. The van der Waals surface area contributed by atoms with Crippen LogP contribution in [0, 0.1) is 0 Å². The van der Waals surface area contributed by atoms with Crippen LogP contribution in [0.5, 0.6) is 5.75 Å². The minimum absolute atomic E-state index is 0.00504. The number of hydrogen-bond donors (Lipinski definition) is 0. The number of rotatable bonds is 11. The number of pyridine rings is 1. The summed E-state index contributed by atoms with van der Waals surface area (Å²) in [6.07, 6.45) is 6.33. The zero-order valence-corrected chi connectivity index (χ0v) is 22.9. The Balaban J connectivity index is 1.28. The lowest BCUT2D eigenvalue weighted by Gasteiger charge is -2.36. The van der Waals surface area contributed by atoms with Gasteiger partial charge in [0.1, 0.15) is 5.75 Å². The molecular weight excluding hydrogens is 476 g/mol. The first-order valence-corrected chi connectivity index (χ1v) is 13.6. The van der Waals surface area contributed by atoms with Crippen LogP contribution in [0.3, 0.4) is 0 Å². The molecule has 1 atom stereocenters. The van der Waals surface area contributed by atoms with Crippen LogP contribution < -0.4 is 4.74 Å². The molecule has 0 N–H and O–H groups in total. The van der Waals surface area contributed by atoms with Crippen LogP contribution in [0.25, 0.3) is 10.9 Å². The Morgan fingerprint density at radius 3 is 2.66 bits per heavy atom. The third-order valence-corrected chi connectivity index (χ3v) is 7.23. The number of amides is 2. The zero-order chi connectivity index (χ0) is 26.9. The third-order valence-electron chi connectivity index (χ3n) is 7.23. The third kappa shape index (κ3) is 7.54. The van der Waals surface area contributed by atoms with Gasteiger partial charge in [-0.25, -0.2) is 0 Å². The van der Waals surface area contributed by atoms with Gasteiger partial charge in [-0.1, -0.05) is 36.4 Å². The van der Waals surface area contributed by atoms with Gasteiger partial charge >= 0.3 is 0 Å². The number of ether oxygens (including phenoxy) is 1. The normalized spacial score (nSPS) is 15.6. The number of aromatic nitrogens is 1. The van der Waals surface area contributed by atoms with Gasteiger partial charge in [-0.05, 0) is 55.6 Å². The van der Waals surface area contributed by atoms with E-state index in [1.807, 2.05) is 29.3 Å². The maximum atomic E-state index is 12.8. The second-order valence-electron chi connectivity index (χ2n) is 10.5. The zero-order valence-electron chi connectivity index (χ0n) is 22.9. The SMILES string of the molecule is CN(Cc1cccc(OCC[C@@H]2CCCCN2C(=O)CCC(=O)N(C)C)c1)Cc1cccc2cccnc12. The first-order chi connectivity index (χ1) is 18.4. The van der Waals surface area contributed by atoms with E-state index in [0.717, 1.165) is 62.0 Å². The van der Waals surface area contributed by atoms with Crippen molar-refractivity contribution < 1.29 is 14.3 Å². The van der Waals surface area contributed by atoms with Crippen LogP contribution in [-0.2, 0) is 22.7 Å². The van der Waals surface area contributed by atoms with Crippen LogP contribution in [0.15, 0.2) is 60.8 Å². The fourth-order valence-electron chi connectivity index (χ4n) is 5.21. The van der Waals surface area contributed by atoms with Crippen LogP contribution in [0.4, 0.5) is 0 Å². The molecule has 0 aliphatic carbocycles. The minimum atomic E-state index is -0.00504. The second kappa shape index (κ2) is 13.4. The molecule has 1 aliphatic rings. The maximum absolute atomic E-state index is 12.8. The molecule has 0 unspecified atom stereocenters. The Kier molecular flexibility index (Phi) is 9.71. The molecule has 7 nitrogen and oxygen atoms in total. The molecule has 1 aromatic heterocycles. The first kappa shape index (κ1) is 27.6. The highest BCUT2D eigenvalue weighted by molar-refractivity contribution is 5.84. The second-order valence-corrected chi connectivity index (χ2v) is 10.5. The fourth-order valence-corrected chi connectivity index (χ4v) is 5.21. The number of para-hydroxylation sites is 1. The van der Waals surface area contributed by atoms with Gasteiger partial charge in [-0.15, -0.1) is 0 Å². The number of likely N-dealkylation sites (tertiary alicyclic amines) is 1. The van der Waals surface area contributed by atoms with Crippen molar-refractivity contribution >= 4 is 22.7 Å². The lowest BCUT2D eigenvalue weighted by Crippen LogP contribution is -2.44. The van der Waals surface area contributed by atoms with Gasteiger partial charge < -0.3 is 14.5 Å². The number of fused-ring (bicyclic) bond motifs is 1. The standard InChI is InChI=1S/C31H40N4O3/c1-33(2)29(36)15-16-30(37)35-19-5-4-13-27(35)17-20-38-28-14-6-9-24(21-28)22-34(3)23-26-11-7-10-25-12-8-18-32-31(25)26/h6-12,14,18,21,27H,4-5,13,15-17,19-20,22-23H2,1-3H3/t27-/m0/s1. The number of nitrogens with zero attached hydrogens (tertiary/aromatic N) is 4. The molecule has 2 aromatic carbocycles. The van der Waals surface area contributed by atoms with Crippen molar-refractivity contribution in [3.8, 4) is 5.75 Å². The molecule has 1 saturated heterocycles. The van der Waals surface area contributed by atoms with Gasteiger partial charge in [0.05, 0.1) is 12.1 Å². The number of benzene rings is 2. The van der Waals surface area contributed by atoms with Crippen molar-refractivity contribution in [2.24, 2.45) is 0 Å². The van der Waals surface area contributed by atoms with E-state index in [2.05, 4.69) is 53.3 Å². The largest absolute Gasteiger partial charge is 0.494 e. The summed E-state index contributed by atoms with van der Waals surface area (Å²) in [6.45, 7) is 2.95. The quantitative estimate of drug-likeness (QED) is 0.363. The molecule has 2 heterocycles. The molecule has 0 saturated carbocycles. The summed E-state index contributed by atoms with van der Waals surface area (Å²) in [5.41, 5.74) is 3.47. The molecule has 1 fully saturated rings. The van der Waals surface area contributed by atoms with E-state index < -0.39 is 0 Å². The summed E-state index contributed by atoms with van der Waals surface area (Å²) in [5, 5.41) is 1.16. The maximum Gasteiger partial charge on any atom is 0.223 e. The van der Waals surface area contributed by atoms with E-state index in [4.69, 9.17) is 4.74 Å². The van der Waals surface area contributed by atoms with Crippen molar-refractivity contribution in [2.45, 2.75) is 57.7 Å². The highest BCUT2D eigenvalue weighted by Crippen LogP contribution is 2.23. The van der Waals surface area contributed by atoms with Gasteiger partial charge in [0.25, 0.3) is 0 Å². The molecule has 0 spiro atoms. The number of carbonyl (C=O) groups is 2. The molecule has 202 valence electrons. The monoisotopic (exact) mass is 516 g/mol. The van der Waals surface area contributed by atoms with E-state index >= 15 is 0 Å². The van der Waals surface area contributed by atoms with Gasteiger partial charge in [-0.2, -0.15) is 0 Å². The fraction of sp³-hybridized carbons (Fsp3) is 0.452. The van der Waals surface area contributed by atoms with Crippen LogP contribution >= 0.6 is 0 Å². The van der Waals surface area contributed by atoms with Crippen LogP contribution in [0.2, 0.25) is 0 Å². The highest BCUT2D eigenvalue weighted by Gasteiger charge is 2.26. The molecule has 3 aromatic rings. The summed E-state index contributed by atoms with van der Waals surface area (Å²) < 4.78 is 6.14. The lowest BCUT2D eigenvalue weighted by atomic mass is 9.99. The summed E-state index contributed by atoms with van der Waals surface area (Å²) in [7, 11) is 5.57. The van der Waals surface area contributed by atoms with E-state index in [1.165, 1.54) is 11.1 Å². The molecular formula is C31H40N4O3. The van der Waals surface area contributed by atoms with Crippen molar-refractivity contribution in [1.82, 2.24) is 19.7 Å². The highest BCUT2D eigenvalue weighted by atomic mass is 16.5. The Labute approximate surface area is 226 Å². The molecule has 2 amide bonds. The van der Waals surface area contributed by atoms with E-state index in [0.29, 0.717) is 6.61 Å². The Hall–Kier alpha value is -3.45. The number of hydrogen-bond acceptors (Lipinski definition) is 5. The van der Waals surface area contributed by atoms with Gasteiger partial charge in [0.15, 0.2) is 0 Å². The molecule has 0 bridgehead atoms. The average molecular weight is 517 g/mol. The summed E-state index contributed by atoms with van der Waals surface area (Å²) in [5.74, 6) is 0.930. The average Bonchev–Trinajstić information content (AvgIpc) is 2.92. The lowest BCUT2D eigenvalue weighted by molar-refractivity contribution is -0.138. The summed E-state index contributed by atoms with van der Waals surface area (Å²) >= 11 is 0. The topological polar surface area (TPSA) is 66.0 Å². The van der Waals surface area contributed by atoms with Crippen molar-refractivity contribution in [3.05, 3.63) is 71.9 Å². The molecule has 1 aliphatic heterocycles. The van der Waals surface area contributed by atoms with Crippen LogP contribution in [0.1, 0.15) is 49.7 Å². The molecule has 4 rings (SSSR count). The van der Waals surface area contributed by atoms with E-state index in [1.54, 1.807) is 19.0 Å². The van der Waals surface area contributed by atoms with Crippen LogP contribution in [-0.4, -0.2) is 71.8 Å². The Morgan fingerprint density at radius 2 is 1.82 bits per heavy atom.